The first-order chi connectivity index (χ1) is 5.65. The molecule has 0 aliphatic carbocycles. The van der Waals surface area contributed by atoms with Crippen molar-refractivity contribution in [2.45, 2.75) is 25.8 Å². The van der Waals surface area contributed by atoms with Gasteiger partial charge in [0.2, 0.25) is 5.91 Å². The van der Waals surface area contributed by atoms with Crippen LogP contribution in [-0.2, 0) is 4.79 Å². The molecule has 1 N–H and O–H groups in total. The smallest absolute Gasteiger partial charge is 0.239 e. The summed E-state index contributed by atoms with van der Waals surface area (Å²) >= 11 is 0. The van der Waals surface area contributed by atoms with Gasteiger partial charge in [-0.15, -0.1) is 0 Å². The van der Waals surface area contributed by atoms with Gasteiger partial charge < -0.3 is 10.2 Å². The fourth-order valence-corrected chi connectivity index (χ4v) is 1.62. The second-order valence-corrected chi connectivity index (χ2v) is 3.70. The van der Waals surface area contributed by atoms with Gasteiger partial charge >= 0.3 is 0 Å². The minimum absolute atomic E-state index is 0.0740. The maximum atomic E-state index is 11.5. The molecule has 1 heterocycles. The molecule has 0 aromatic carbocycles. The van der Waals surface area contributed by atoms with Crippen molar-refractivity contribution in [3.63, 3.8) is 0 Å². The van der Waals surface area contributed by atoms with Gasteiger partial charge in [0.05, 0.1) is 6.04 Å². The first kappa shape index (κ1) is 9.52. The molecule has 1 rings (SSSR count). The Morgan fingerprint density at radius 1 is 1.58 bits per heavy atom. The van der Waals surface area contributed by atoms with E-state index >= 15 is 0 Å². The molecule has 0 saturated carbocycles. The van der Waals surface area contributed by atoms with Gasteiger partial charge in [0, 0.05) is 14.1 Å². The highest BCUT2D eigenvalue weighted by atomic mass is 16.2. The van der Waals surface area contributed by atoms with Crippen LogP contribution in [0.3, 0.4) is 0 Å². The van der Waals surface area contributed by atoms with Crippen LogP contribution in [0.5, 0.6) is 0 Å². The minimum Gasteiger partial charge on any atom is -0.347 e. The van der Waals surface area contributed by atoms with Crippen molar-refractivity contribution in [2.75, 3.05) is 20.6 Å². The van der Waals surface area contributed by atoms with Crippen LogP contribution in [0.1, 0.15) is 19.8 Å². The van der Waals surface area contributed by atoms with E-state index in [9.17, 15) is 4.79 Å². The Balaban J connectivity index is 2.41. The van der Waals surface area contributed by atoms with Gasteiger partial charge in [0.1, 0.15) is 0 Å². The maximum absolute atomic E-state index is 11.5. The Hall–Kier alpha value is -0.570. The summed E-state index contributed by atoms with van der Waals surface area (Å²) in [5.74, 6) is 0.907. The molecule has 2 atom stereocenters. The summed E-state index contributed by atoms with van der Waals surface area (Å²) in [5.41, 5.74) is 0. The number of likely N-dealkylation sites (N-methyl/N-ethyl adjacent to an activating group) is 1. The van der Waals surface area contributed by atoms with Crippen molar-refractivity contribution < 1.29 is 4.79 Å². The molecule has 0 radical (unpaired) electrons. The number of nitrogens with zero attached hydrogens (tertiary/aromatic N) is 1. The van der Waals surface area contributed by atoms with E-state index in [0.29, 0.717) is 5.92 Å². The summed E-state index contributed by atoms with van der Waals surface area (Å²) < 4.78 is 0. The van der Waals surface area contributed by atoms with Crippen LogP contribution >= 0.6 is 0 Å². The standard InChI is InChI=1S/C9H18N2O/c1-4-7-5-8(10-6-7)9(12)11(2)3/h7-8,10H,4-6H2,1-3H3/t7-,8-/m0/s1. The van der Waals surface area contributed by atoms with Crippen LogP contribution in [0.4, 0.5) is 0 Å². The van der Waals surface area contributed by atoms with E-state index in [2.05, 4.69) is 12.2 Å². The summed E-state index contributed by atoms with van der Waals surface area (Å²) in [6.45, 7) is 3.18. The highest BCUT2D eigenvalue weighted by molar-refractivity contribution is 5.81. The molecule has 0 unspecified atom stereocenters. The van der Waals surface area contributed by atoms with E-state index in [4.69, 9.17) is 0 Å². The molecule has 0 aromatic heterocycles. The minimum atomic E-state index is 0.0740. The third-order valence-electron chi connectivity index (χ3n) is 2.54. The van der Waals surface area contributed by atoms with Crippen molar-refractivity contribution in [1.29, 1.82) is 0 Å². The SMILES string of the molecule is CC[C@@H]1CN[C@H](C(=O)N(C)C)C1. The average molecular weight is 170 g/mol. The fourth-order valence-electron chi connectivity index (χ4n) is 1.62. The molecule has 12 heavy (non-hydrogen) atoms. The highest BCUT2D eigenvalue weighted by Gasteiger charge is 2.28. The van der Waals surface area contributed by atoms with Crippen molar-refractivity contribution in [2.24, 2.45) is 5.92 Å². The number of amides is 1. The molecular formula is C9H18N2O. The normalized spacial score (nSPS) is 28.9. The molecule has 1 saturated heterocycles. The topological polar surface area (TPSA) is 32.3 Å². The van der Waals surface area contributed by atoms with Gasteiger partial charge in [-0.1, -0.05) is 13.3 Å². The quantitative estimate of drug-likeness (QED) is 0.653. The summed E-state index contributed by atoms with van der Waals surface area (Å²) in [7, 11) is 3.62. The lowest BCUT2D eigenvalue weighted by atomic mass is 10.0. The third kappa shape index (κ3) is 1.97. The number of hydrogen-bond acceptors (Lipinski definition) is 2. The van der Waals surface area contributed by atoms with Crippen molar-refractivity contribution in [3.8, 4) is 0 Å². The third-order valence-corrected chi connectivity index (χ3v) is 2.54. The Morgan fingerprint density at radius 2 is 2.25 bits per heavy atom. The van der Waals surface area contributed by atoms with Crippen LogP contribution in [0.25, 0.3) is 0 Å². The molecule has 0 spiro atoms. The molecule has 1 fully saturated rings. The van der Waals surface area contributed by atoms with Gasteiger partial charge in [-0.3, -0.25) is 4.79 Å². The van der Waals surface area contributed by atoms with Crippen LogP contribution in [0, 0.1) is 5.92 Å². The molecule has 0 bridgehead atoms. The Morgan fingerprint density at radius 3 is 2.67 bits per heavy atom. The average Bonchev–Trinajstić information content (AvgIpc) is 2.50. The van der Waals surface area contributed by atoms with Crippen LogP contribution in [0.15, 0.2) is 0 Å². The Bertz CT molecular complexity index is 168. The van der Waals surface area contributed by atoms with Crippen molar-refractivity contribution >= 4 is 5.91 Å². The lowest BCUT2D eigenvalue weighted by molar-refractivity contribution is -0.130. The molecule has 70 valence electrons. The van der Waals surface area contributed by atoms with E-state index in [1.165, 1.54) is 6.42 Å². The summed E-state index contributed by atoms with van der Waals surface area (Å²) in [4.78, 5) is 13.1. The van der Waals surface area contributed by atoms with E-state index in [1.54, 1.807) is 4.90 Å². The van der Waals surface area contributed by atoms with Gasteiger partial charge in [-0.2, -0.15) is 0 Å². The van der Waals surface area contributed by atoms with Crippen LogP contribution in [0.2, 0.25) is 0 Å². The van der Waals surface area contributed by atoms with E-state index in [1.807, 2.05) is 14.1 Å². The zero-order chi connectivity index (χ0) is 9.14. The van der Waals surface area contributed by atoms with Gasteiger partial charge in [0.25, 0.3) is 0 Å². The van der Waals surface area contributed by atoms with E-state index < -0.39 is 0 Å². The molecule has 3 heteroatoms. The fraction of sp³-hybridized carbons (Fsp3) is 0.889. The zero-order valence-electron chi connectivity index (χ0n) is 8.13. The first-order valence-corrected chi connectivity index (χ1v) is 4.59. The molecule has 0 aromatic rings. The first-order valence-electron chi connectivity index (χ1n) is 4.59. The van der Waals surface area contributed by atoms with Crippen LogP contribution in [-0.4, -0.2) is 37.5 Å². The maximum Gasteiger partial charge on any atom is 0.239 e. The summed E-state index contributed by atoms with van der Waals surface area (Å²) in [6, 6.07) is 0.0740. The molecule has 1 aliphatic rings. The predicted octanol–water partition coefficient (Wildman–Crippen LogP) is 0.463. The molecule has 3 nitrogen and oxygen atoms in total. The highest BCUT2D eigenvalue weighted by Crippen LogP contribution is 2.17. The summed E-state index contributed by atoms with van der Waals surface area (Å²) in [5, 5.41) is 3.25. The van der Waals surface area contributed by atoms with Gasteiger partial charge in [-0.05, 0) is 18.9 Å². The van der Waals surface area contributed by atoms with E-state index in [-0.39, 0.29) is 11.9 Å². The number of carbonyl (C=O) groups is 1. The number of nitrogens with one attached hydrogen (secondary N) is 1. The van der Waals surface area contributed by atoms with Crippen molar-refractivity contribution in [1.82, 2.24) is 10.2 Å². The van der Waals surface area contributed by atoms with Gasteiger partial charge in [0.15, 0.2) is 0 Å². The monoisotopic (exact) mass is 170 g/mol. The molecule has 1 amide bonds. The largest absolute Gasteiger partial charge is 0.347 e. The summed E-state index contributed by atoms with van der Waals surface area (Å²) in [6.07, 6.45) is 2.18. The lowest BCUT2D eigenvalue weighted by Crippen LogP contribution is -2.39. The van der Waals surface area contributed by atoms with Gasteiger partial charge in [-0.25, -0.2) is 0 Å². The van der Waals surface area contributed by atoms with E-state index in [0.717, 1.165) is 13.0 Å². The zero-order valence-corrected chi connectivity index (χ0v) is 8.13. The Kier molecular flexibility index (Phi) is 3.09. The Labute approximate surface area is 74.1 Å². The number of hydrogen-bond donors (Lipinski definition) is 1. The number of rotatable bonds is 2. The molecular weight excluding hydrogens is 152 g/mol. The van der Waals surface area contributed by atoms with Crippen molar-refractivity contribution in [3.05, 3.63) is 0 Å². The predicted molar refractivity (Wildman–Crippen MR) is 48.9 cm³/mol. The lowest BCUT2D eigenvalue weighted by Gasteiger charge is -2.15. The number of carbonyl (C=O) groups excluding carboxylic acids is 1. The second kappa shape index (κ2) is 3.90. The van der Waals surface area contributed by atoms with Crippen LogP contribution < -0.4 is 5.32 Å². The second-order valence-electron chi connectivity index (χ2n) is 3.70. The molecule has 1 aliphatic heterocycles.